The van der Waals surface area contributed by atoms with E-state index < -0.39 is 17.3 Å². The van der Waals surface area contributed by atoms with E-state index in [2.05, 4.69) is 17.4 Å². The molecule has 2 rings (SSSR count). The lowest BCUT2D eigenvalue weighted by molar-refractivity contribution is 0.329. The fraction of sp³-hybridized carbons (Fsp3) is 0.500. The van der Waals surface area contributed by atoms with Crippen LogP contribution in [-0.2, 0) is 17.5 Å². The van der Waals surface area contributed by atoms with Crippen molar-refractivity contribution in [3.63, 3.8) is 0 Å². The molecule has 0 saturated heterocycles. The normalized spacial score (nSPS) is 22.1. The average Bonchev–Trinajstić information content (AvgIpc) is 2.69. The third-order valence-corrected chi connectivity index (χ3v) is 3.69. The summed E-state index contributed by atoms with van der Waals surface area (Å²) in [6.07, 6.45) is 0.707. The summed E-state index contributed by atoms with van der Waals surface area (Å²) in [4.78, 5) is 0. The second-order valence-electron chi connectivity index (χ2n) is 4.28. The molecule has 0 aliphatic heterocycles. The van der Waals surface area contributed by atoms with E-state index in [9.17, 15) is 8.60 Å². The molecule has 0 aromatic heterocycles. The fourth-order valence-electron chi connectivity index (χ4n) is 2.25. The van der Waals surface area contributed by atoms with Gasteiger partial charge in [-0.3, -0.25) is 0 Å². The van der Waals surface area contributed by atoms with E-state index in [1.165, 1.54) is 11.1 Å². The van der Waals surface area contributed by atoms with Crippen LogP contribution in [0, 0.1) is 0 Å². The Hall–Kier alpha value is -0.780. The smallest absolute Gasteiger partial charge is 0.155 e. The van der Waals surface area contributed by atoms with E-state index in [4.69, 9.17) is 4.55 Å². The number of rotatable bonds is 5. The van der Waals surface area contributed by atoms with E-state index in [1.54, 1.807) is 0 Å². The average molecular weight is 257 g/mol. The molecule has 2 N–H and O–H groups in total. The highest BCUT2D eigenvalue weighted by Gasteiger charge is 2.22. The van der Waals surface area contributed by atoms with Gasteiger partial charge in [0.25, 0.3) is 0 Å². The first-order valence-corrected chi connectivity index (χ1v) is 6.97. The minimum atomic E-state index is -2.06. The number of alkyl halides is 1. The largest absolute Gasteiger partial charge is 0.307 e. The van der Waals surface area contributed by atoms with Crippen molar-refractivity contribution in [2.45, 2.75) is 25.1 Å². The van der Waals surface area contributed by atoms with E-state index in [0.717, 1.165) is 12.8 Å². The Bertz CT molecular complexity index is 413. The Morgan fingerprint density at radius 2 is 2.29 bits per heavy atom. The molecule has 0 radical (unpaired) electrons. The Balaban J connectivity index is 1.87. The van der Waals surface area contributed by atoms with Gasteiger partial charge in [-0.15, -0.1) is 0 Å². The zero-order valence-corrected chi connectivity index (χ0v) is 10.3. The van der Waals surface area contributed by atoms with Gasteiger partial charge in [0.2, 0.25) is 0 Å². The van der Waals surface area contributed by atoms with Crippen LogP contribution in [0.25, 0.3) is 0 Å². The summed E-state index contributed by atoms with van der Waals surface area (Å²) in [5, 5.41) is 3.12. The Morgan fingerprint density at radius 3 is 3.06 bits per heavy atom. The van der Waals surface area contributed by atoms with E-state index in [1.807, 2.05) is 12.1 Å². The molecule has 0 heterocycles. The van der Waals surface area contributed by atoms with Crippen LogP contribution in [0.5, 0.6) is 0 Å². The van der Waals surface area contributed by atoms with Gasteiger partial charge in [-0.1, -0.05) is 24.3 Å². The summed E-state index contributed by atoms with van der Waals surface area (Å²) in [6, 6.07) is 8.31. The summed E-state index contributed by atoms with van der Waals surface area (Å²) in [5.74, 6) is -0.318. The number of fused-ring (bicyclic) bond motifs is 1. The zero-order chi connectivity index (χ0) is 12.3. The molecule has 1 aromatic rings. The first-order valence-electron chi connectivity index (χ1n) is 5.69. The van der Waals surface area contributed by atoms with E-state index in [0.29, 0.717) is 0 Å². The van der Waals surface area contributed by atoms with Crippen molar-refractivity contribution in [2.75, 3.05) is 12.3 Å². The first-order chi connectivity index (χ1) is 8.16. The Kier molecular flexibility index (Phi) is 4.25. The van der Waals surface area contributed by atoms with Crippen molar-refractivity contribution in [3.05, 3.63) is 35.4 Å². The maximum Gasteiger partial charge on any atom is 0.155 e. The van der Waals surface area contributed by atoms with Gasteiger partial charge in [0.15, 0.2) is 11.1 Å². The van der Waals surface area contributed by atoms with Crippen molar-refractivity contribution >= 4 is 11.1 Å². The van der Waals surface area contributed by atoms with Crippen molar-refractivity contribution in [3.8, 4) is 0 Å². The topological polar surface area (TPSA) is 49.3 Å². The highest BCUT2D eigenvalue weighted by Crippen LogP contribution is 2.30. The molecule has 1 unspecified atom stereocenters. The molecule has 0 saturated carbocycles. The molecular weight excluding hydrogens is 241 g/mol. The summed E-state index contributed by atoms with van der Waals surface area (Å²) in [5.41, 5.74) is 2.54. The van der Waals surface area contributed by atoms with Gasteiger partial charge in [0, 0.05) is 12.6 Å². The van der Waals surface area contributed by atoms with Crippen LogP contribution >= 0.6 is 0 Å². The van der Waals surface area contributed by atoms with Crippen molar-refractivity contribution in [2.24, 2.45) is 0 Å². The van der Waals surface area contributed by atoms with Crippen LogP contribution < -0.4 is 5.32 Å². The second-order valence-corrected chi connectivity index (χ2v) is 5.26. The molecule has 5 heteroatoms. The molecule has 1 aromatic carbocycles. The lowest BCUT2D eigenvalue weighted by atomic mass is 10.1. The minimum Gasteiger partial charge on any atom is -0.307 e. The predicted octanol–water partition coefficient (Wildman–Crippen LogP) is 1.82. The van der Waals surface area contributed by atoms with Gasteiger partial charge >= 0.3 is 0 Å². The van der Waals surface area contributed by atoms with Gasteiger partial charge in [0.05, 0.1) is 5.75 Å². The van der Waals surface area contributed by atoms with Gasteiger partial charge < -0.3 is 9.87 Å². The van der Waals surface area contributed by atoms with Crippen molar-refractivity contribution in [1.82, 2.24) is 5.32 Å². The molecular formula is C12H16FNO2S. The van der Waals surface area contributed by atoms with Crippen LogP contribution in [-0.4, -0.2) is 27.2 Å². The molecule has 0 amide bonds. The summed E-state index contributed by atoms with van der Waals surface area (Å²) in [6.45, 7) is 0.130. The van der Waals surface area contributed by atoms with Crippen LogP contribution in [0.3, 0.4) is 0 Å². The van der Waals surface area contributed by atoms with Crippen LogP contribution in [0.15, 0.2) is 24.3 Å². The van der Waals surface area contributed by atoms with Crippen molar-refractivity contribution < 1.29 is 13.2 Å². The second kappa shape index (κ2) is 5.71. The molecule has 17 heavy (non-hydrogen) atoms. The molecule has 94 valence electrons. The number of hydrogen-bond acceptors (Lipinski definition) is 2. The number of halogens is 1. The van der Waals surface area contributed by atoms with E-state index in [-0.39, 0.29) is 18.3 Å². The monoisotopic (exact) mass is 257 g/mol. The van der Waals surface area contributed by atoms with Crippen LogP contribution in [0.4, 0.5) is 4.39 Å². The van der Waals surface area contributed by atoms with Gasteiger partial charge in [0.1, 0.15) is 6.17 Å². The van der Waals surface area contributed by atoms with Crippen LogP contribution in [0.1, 0.15) is 23.6 Å². The maximum absolute atomic E-state index is 13.3. The third kappa shape index (κ3) is 3.34. The molecule has 0 bridgehead atoms. The first kappa shape index (κ1) is 12.7. The quantitative estimate of drug-likeness (QED) is 0.791. The van der Waals surface area contributed by atoms with Gasteiger partial charge in [-0.2, -0.15) is 0 Å². The third-order valence-electron chi connectivity index (χ3n) is 3.04. The number of nitrogens with one attached hydrogen (secondary N) is 1. The molecule has 3 nitrogen and oxygen atoms in total. The summed E-state index contributed by atoms with van der Waals surface area (Å²) >= 11 is -2.06. The predicted molar refractivity (Wildman–Crippen MR) is 66.0 cm³/mol. The lowest BCUT2D eigenvalue weighted by Crippen LogP contribution is -2.30. The van der Waals surface area contributed by atoms with Crippen LogP contribution in [0.2, 0.25) is 0 Å². The number of aryl methyl sites for hydroxylation is 1. The molecule has 0 fully saturated rings. The summed E-state index contributed by atoms with van der Waals surface area (Å²) < 4.78 is 32.3. The SMILES string of the molecule is O=S(O)C[C@H](F)CN[C@@H]1CCc2ccccc21. The van der Waals surface area contributed by atoms with Gasteiger partial charge in [-0.05, 0) is 24.0 Å². The lowest BCUT2D eigenvalue weighted by Gasteiger charge is -2.15. The molecule has 1 aliphatic carbocycles. The Labute approximate surface area is 103 Å². The number of benzene rings is 1. The highest BCUT2D eigenvalue weighted by atomic mass is 32.2. The van der Waals surface area contributed by atoms with Crippen molar-refractivity contribution in [1.29, 1.82) is 0 Å². The van der Waals surface area contributed by atoms with Gasteiger partial charge in [-0.25, -0.2) is 8.60 Å². The standard InChI is InChI=1S/C12H16FNO2S/c13-10(8-17(15)16)7-14-12-6-5-9-3-1-2-4-11(9)12/h1-4,10,12,14H,5-8H2,(H,15,16)/t10-,12-/m1/s1. The Morgan fingerprint density at radius 1 is 1.53 bits per heavy atom. The highest BCUT2D eigenvalue weighted by molar-refractivity contribution is 7.79. The molecule has 3 atom stereocenters. The molecule has 0 spiro atoms. The molecule has 1 aliphatic rings. The number of hydrogen-bond donors (Lipinski definition) is 2. The maximum atomic E-state index is 13.3. The van der Waals surface area contributed by atoms with E-state index >= 15 is 0 Å². The minimum absolute atomic E-state index is 0.130. The zero-order valence-electron chi connectivity index (χ0n) is 9.43. The fourth-order valence-corrected chi connectivity index (χ4v) is 2.68. The summed E-state index contributed by atoms with van der Waals surface area (Å²) in [7, 11) is 0.